The lowest BCUT2D eigenvalue weighted by Gasteiger charge is -2.17. The number of benzene rings is 1. The zero-order valence-electron chi connectivity index (χ0n) is 14.1. The van der Waals surface area contributed by atoms with E-state index in [0.717, 1.165) is 23.0 Å². The second-order valence-corrected chi connectivity index (χ2v) is 6.38. The average molecular weight is 336 g/mol. The van der Waals surface area contributed by atoms with E-state index >= 15 is 0 Å². The van der Waals surface area contributed by atoms with E-state index in [-0.39, 0.29) is 12.0 Å². The summed E-state index contributed by atoms with van der Waals surface area (Å²) in [7, 11) is 0. The van der Waals surface area contributed by atoms with E-state index in [1.54, 1.807) is 0 Å². The minimum absolute atomic E-state index is 0.0256. The van der Waals surface area contributed by atoms with Crippen molar-refractivity contribution in [3.05, 3.63) is 54.4 Å². The molecule has 1 saturated heterocycles. The molecule has 2 aromatic heterocycles. The van der Waals surface area contributed by atoms with Crippen molar-refractivity contribution in [3.8, 4) is 5.88 Å². The van der Waals surface area contributed by atoms with Gasteiger partial charge in [-0.1, -0.05) is 18.2 Å². The SMILES string of the molecule is Cc1ccc(O[C@H]2CCN(C(=O)Cn3ccc4ccccc43)C2)nn1. The molecule has 3 aromatic rings. The summed E-state index contributed by atoms with van der Waals surface area (Å²) in [6.45, 7) is 3.54. The van der Waals surface area contributed by atoms with Gasteiger partial charge in [-0.25, -0.2) is 0 Å². The number of nitrogens with zero attached hydrogens (tertiary/aromatic N) is 4. The minimum Gasteiger partial charge on any atom is -0.471 e. The van der Waals surface area contributed by atoms with Gasteiger partial charge in [0.25, 0.3) is 0 Å². The number of carbonyl (C=O) groups is 1. The fraction of sp³-hybridized carbons (Fsp3) is 0.316. The second-order valence-electron chi connectivity index (χ2n) is 6.38. The molecule has 3 heterocycles. The first-order chi connectivity index (χ1) is 12.2. The van der Waals surface area contributed by atoms with Gasteiger partial charge in [0.15, 0.2) is 0 Å². The van der Waals surface area contributed by atoms with Gasteiger partial charge in [-0.2, -0.15) is 5.10 Å². The van der Waals surface area contributed by atoms with Crippen molar-refractivity contribution in [3.63, 3.8) is 0 Å². The van der Waals surface area contributed by atoms with Gasteiger partial charge in [0.1, 0.15) is 12.6 Å². The highest BCUT2D eigenvalue weighted by Crippen LogP contribution is 2.18. The third-order valence-electron chi connectivity index (χ3n) is 4.54. The van der Waals surface area contributed by atoms with Crippen molar-refractivity contribution in [2.75, 3.05) is 13.1 Å². The lowest BCUT2D eigenvalue weighted by molar-refractivity contribution is -0.131. The molecule has 1 aliphatic rings. The topological polar surface area (TPSA) is 60.2 Å². The van der Waals surface area contributed by atoms with Crippen molar-refractivity contribution < 1.29 is 9.53 Å². The lowest BCUT2D eigenvalue weighted by atomic mass is 10.2. The van der Waals surface area contributed by atoms with E-state index in [1.165, 1.54) is 0 Å². The van der Waals surface area contributed by atoms with Crippen LogP contribution >= 0.6 is 0 Å². The first-order valence-electron chi connectivity index (χ1n) is 8.48. The van der Waals surface area contributed by atoms with E-state index in [2.05, 4.69) is 16.3 Å². The number of carbonyl (C=O) groups excluding carboxylic acids is 1. The number of fused-ring (bicyclic) bond motifs is 1. The molecule has 1 fully saturated rings. The number of likely N-dealkylation sites (tertiary alicyclic amines) is 1. The molecule has 4 rings (SSSR count). The number of hydrogen-bond donors (Lipinski definition) is 0. The van der Waals surface area contributed by atoms with Crippen LogP contribution in [0.5, 0.6) is 5.88 Å². The smallest absolute Gasteiger partial charge is 0.242 e. The van der Waals surface area contributed by atoms with Crippen molar-refractivity contribution in [1.29, 1.82) is 0 Å². The molecule has 0 spiro atoms. The minimum atomic E-state index is -0.0256. The maximum atomic E-state index is 12.6. The summed E-state index contributed by atoms with van der Waals surface area (Å²) in [6, 6.07) is 13.8. The number of aromatic nitrogens is 3. The van der Waals surface area contributed by atoms with Gasteiger partial charge in [0.2, 0.25) is 11.8 Å². The summed E-state index contributed by atoms with van der Waals surface area (Å²) in [5.74, 6) is 0.628. The molecular formula is C19H20N4O2. The van der Waals surface area contributed by atoms with Gasteiger partial charge in [-0.3, -0.25) is 4.79 Å². The molecule has 1 amide bonds. The number of aryl methyl sites for hydroxylation is 1. The molecule has 0 radical (unpaired) electrons. The van der Waals surface area contributed by atoms with Crippen LogP contribution in [0.1, 0.15) is 12.1 Å². The molecule has 1 aromatic carbocycles. The molecule has 25 heavy (non-hydrogen) atoms. The Labute approximate surface area is 146 Å². The molecular weight excluding hydrogens is 316 g/mol. The molecule has 6 heteroatoms. The van der Waals surface area contributed by atoms with Crippen LogP contribution in [0.25, 0.3) is 10.9 Å². The largest absolute Gasteiger partial charge is 0.471 e. The second kappa shape index (κ2) is 6.55. The number of ether oxygens (including phenoxy) is 1. The maximum absolute atomic E-state index is 12.6. The van der Waals surface area contributed by atoms with E-state index in [9.17, 15) is 4.79 Å². The third-order valence-corrected chi connectivity index (χ3v) is 4.54. The molecule has 0 bridgehead atoms. The number of amides is 1. The number of para-hydroxylation sites is 1. The van der Waals surface area contributed by atoms with Gasteiger partial charge in [0.05, 0.1) is 12.2 Å². The first-order valence-corrected chi connectivity index (χ1v) is 8.48. The summed E-state index contributed by atoms with van der Waals surface area (Å²) in [4.78, 5) is 14.5. The Hall–Kier alpha value is -2.89. The first kappa shape index (κ1) is 15.6. The summed E-state index contributed by atoms with van der Waals surface area (Å²) in [6.07, 6.45) is 2.75. The highest BCUT2D eigenvalue weighted by atomic mass is 16.5. The Bertz CT molecular complexity index is 888. The third kappa shape index (κ3) is 3.33. The standard InChI is InChI=1S/C19H20N4O2/c1-14-6-7-18(21-20-14)25-16-9-11-23(12-16)19(24)13-22-10-8-15-4-2-3-5-17(15)22/h2-8,10,16H,9,11-13H2,1H3/t16-/m0/s1. The van der Waals surface area contributed by atoms with Crippen LogP contribution < -0.4 is 4.74 Å². The van der Waals surface area contributed by atoms with Crippen molar-refractivity contribution in [1.82, 2.24) is 19.7 Å². The van der Waals surface area contributed by atoms with Crippen LogP contribution in [0.15, 0.2) is 48.7 Å². The van der Waals surface area contributed by atoms with Crippen LogP contribution in [0, 0.1) is 6.92 Å². The van der Waals surface area contributed by atoms with Crippen LogP contribution in [-0.4, -0.2) is 44.8 Å². The number of rotatable bonds is 4. The Morgan fingerprint density at radius 2 is 2.08 bits per heavy atom. The predicted octanol–water partition coefficient (Wildman–Crippen LogP) is 2.42. The molecule has 0 N–H and O–H groups in total. The molecule has 128 valence electrons. The van der Waals surface area contributed by atoms with Crippen LogP contribution in [0.3, 0.4) is 0 Å². The molecule has 1 aliphatic heterocycles. The summed E-state index contributed by atoms with van der Waals surface area (Å²) in [5.41, 5.74) is 1.94. The summed E-state index contributed by atoms with van der Waals surface area (Å²) in [5, 5.41) is 9.17. The summed E-state index contributed by atoms with van der Waals surface area (Å²) < 4.78 is 7.84. The Morgan fingerprint density at radius 3 is 2.92 bits per heavy atom. The van der Waals surface area contributed by atoms with E-state index in [1.807, 2.05) is 59.0 Å². The highest BCUT2D eigenvalue weighted by Gasteiger charge is 2.28. The monoisotopic (exact) mass is 336 g/mol. The van der Waals surface area contributed by atoms with Crippen LogP contribution in [0.4, 0.5) is 0 Å². The van der Waals surface area contributed by atoms with Gasteiger partial charge < -0.3 is 14.2 Å². The zero-order chi connectivity index (χ0) is 17.2. The number of hydrogen-bond acceptors (Lipinski definition) is 4. The molecule has 6 nitrogen and oxygen atoms in total. The fourth-order valence-corrected chi connectivity index (χ4v) is 3.20. The summed E-state index contributed by atoms with van der Waals surface area (Å²) >= 11 is 0. The van der Waals surface area contributed by atoms with E-state index in [0.29, 0.717) is 25.5 Å². The molecule has 1 atom stereocenters. The average Bonchev–Trinajstić information content (AvgIpc) is 3.25. The van der Waals surface area contributed by atoms with Crippen molar-refractivity contribution >= 4 is 16.8 Å². The van der Waals surface area contributed by atoms with E-state index in [4.69, 9.17) is 4.74 Å². The Balaban J connectivity index is 1.38. The van der Waals surface area contributed by atoms with Gasteiger partial charge in [-0.05, 0) is 30.5 Å². The van der Waals surface area contributed by atoms with Crippen LogP contribution in [0.2, 0.25) is 0 Å². The zero-order valence-corrected chi connectivity index (χ0v) is 14.1. The fourth-order valence-electron chi connectivity index (χ4n) is 3.20. The molecule has 0 aliphatic carbocycles. The quantitative estimate of drug-likeness (QED) is 0.734. The van der Waals surface area contributed by atoms with E-state index < -0.39 is 0 Å². The van der Waals surface area contributed by atoms with Crippen molar-refractivity contribution in [2.24, 2.45) is 0 Å². The molecule has 0 saturated carbocycles. The van der Waals surface area contributed by atoms with Crippen molar-refractivity contribution in [2.45, 2.75) is 26.0 Å². The van der Waals surface area contributed by atoms with Gasteiger partial charge in [-0.15, -0.1) is 5.10 Å². The van der Waals surface area contributed by atoms with Gasteiger partial charge >= 0.3 is 0 Å². The van der Waals surface area contributed by atoms with Crippen LogP contribution in [-0.2, 0) is 11.3 Å². The Morgan fingerprint density at radius 1 is 1.20 bits per heavy atom. The maximum Gasteiger partial charge on any atom is 0.242 e. The predicted molar refractivity (Wildman–Crippen MR) is 94.3 cm³/mol. The lowest BCUT2D eigenvalue weighted by Crippen LogP contribution is -2.33. The normalized spacial score (nSPS) is 17.2. The Kier molecular flexibility index (Phi) is 4.09. The van der Waals surface area contributed by atoms with Gasteiger partial charge in [0, 0.05) is 30.7 Å². The molecule has 0 unspecified atom stereocenters. The highest BCUT2D eigenvalue weighted by molar-refractivity contribution is 5.83.